The van der Waals surface area contributed by atoms with E-state index >= 15 is 0 Å². The van der Waals surface area contributed by atoms with Gasteiger partial charge in [0.25, 0.3) is 10.0 Å². The Kier molecular flexibility index (Phi) is 7.67. The summed E-state index contributed by atoms with van der Waals surface area (Å²) < 4.78 is 36.3. The summed E-state index contributed by atoms with van der Waals surface area (Å²) in [7, 11) is -2.15. The van der Waals surface area contributed by atoms with Crippen molar-refractivity contribution in [1.82, 2.24) is 4.83 Å². The molecule has 0 aliphatic carbocycles. The second kappa shape index (κ2) is 9.75. The van der Waals surface area contributed by atoms with Crippen molar-refractivity contribution >= 4 is 32.2 Å². The number of hydrogen-bond acceptors (Lipinski definition) is 5. The fourth-order valence-electron chi connectivity index (χ4n) is 2.18. The molecule has 0 atom stereocenters. The van der Waals surface area contributed by atoms with Crippen LogP contribution in [0, 0.1) is 6.92 Å². The van der Waals surface area contributed by atoms with Crippen LogP contribution in [0.3, 0.4) is 0 Å². The van der Waals surface area contributed by atoms with Crippen LogP contribution in [0.1, 0.15) is 30.9 Å². The number of sulfonamides is 1. The van der Waals surface area contributed by atoms with Gasteiger partial charge < -0.3 is 9.47 Å². The van der Waals surface area contributed by atoms with Crippen molar-refractivity contribution in [2.45, 2.75) is 31.6 Å². The highest BCUT2D eigenvalue weighted by Gasteiger charge is 2.13. The van der Waals surface area contributed by atoms with Gasteiger partial charge in [0.15, 0.2) is 11.5 Å². The maximum absolute atomic E-state index is 12.3. The largest absolute Gasteiger partial charge is 0.493 e. The number of unbranched alkanes of at least 4 members (excludes halogenated alkanes) is 1. The number of halogens is 1. The van der Waals surface area contributed by atoms with Gasteiger partial charge in [0.05, 0.1) is 24.8 Å². The van der Waals surface area contributed by atoms with Crippen LogP contribution in [-0.4, -0.2) is 28.3 Å². The maximum Gasteiger partial charge on any atom is 0.276 e. The highest BCUT2D eigenvalue weighted by Crippen LogP contribution is 2.33. The highest BCUT2D eigenvalue weighted by molar-refractivity contribution is 9.10. The van der Waals surface area contributed by atoms with E-state index in [9.17, 15) is 8.42 Å². The lowest BCUT2D eigenvalue weighted by atomic mass is 10.2. The Balaban J connectivity index is 2.17. The third-order valence-electron chi connectivity index (χ3n) is 3.75. The molecule has 0 heterocycles. The number of hydrogen-bond donors (Lipinski definition) is 1. The van der Waals surface area contributed by atoms with Crippen molar-refractivity contribution in [3.05, 3.63) is 52.0 Å². The van der Waals surface area contributed by atoms with E-state index < -0.39 is 10.0 Å². The minimum atomic E-state index is -3.72. The van der Waals surface area contributed by atoms with Crippen LogP contribution in [0.5, 0.6) is 11.5 Å². The molecular formula is C19H23BrN2O4S. The zero-order chi connectivity index (χ0) is 19.9. The molecule has 0 aliphatic heterocycles. The average Bonchev–Trinajstić information content (AvgIpc) is 2.64. The molecular weight excluding hydrogens is 432 g/mol. The maximum atomic E-state index is 12.3. The second-order valence-corrected chi connectivity index (χ2v) is 8.41. The van der Waals surface area contributed by atoms with Crippen LogP contribution in [0.2, 0.25) is 0 Å². The molecule has 0 spiro atoms. The third kappa shape index (κ3) is 5.97. The summed E-state index contributed by atoms with van der Waals surface area (Å²) in [4.78, 5) is 2.37. The Morgan fingerprint density at radius 3 is 2.52 bits per heavy atom. The number of aryl methyl sites for hydroxylation is 1. The lowest BCUT2D eigenvalue weighted by Gasteiger charge is -2.12. The summed E-state index contributed by atoms with van der Waals surface area (Å²) in [5.41, 5.74) is 1.64. The average molecular weight is 455 g/mol. The van der Waals surface area contributed by atoms with Crippen LogP contribution < -0.4 is 14.3 Å². The molecule has 0 fully saturated rings. The lowest BCUT2D eigenvalue weighted by Crippen LogP contribution is -2.18. The normalized spacial score (nSPS) is 11.6. The summed E-state index contributed by atoms with van der Waals surface area (Å²) in [6.07, 6.45) is 3.37. The van der Waals surface area contributed by atoms with Gasteiger partial charge in [0.1, 0.15) is 0 Å². The van der Waals surface area contributed by atoms with E-state index in [0.29, 0.717) is 28.1 Å². The zero-order valence-electron chi connectivity index (χ0n) is 15.5. The number of ether oxygens (including phenoxy) is 2. The van der Waals surface area contributed by atoms with E-state index in [1.54, 1.807) is 31.4 Å². The van der Waals surface area contributed by atoms with Crippen LogP contribution in [0.4, 0.5) is 0 Å². The summed E-state index contributed by atoms with van der Waals surface area (Å²) in [5.74, 6) is 1.17. The van der Waals surface area contributed by atoms with E-state index in [2.05, 4.69) is 32.8 Å². The Bertz CT molecular complexity index is 897. The summed E-state index contributed by atoms with van der Waals surface area (Å²) >= 11 is 3.43. The van der Waals surface area contributed by atoms with Crippen molar-refractivity contribution in [2.75, 3.05) is 13.7 Å². The highest BCUT2D eigenvalue weighted by atomic mass is 79.9. The van der Waals surface area contributed by atoms with Crippen LogP contribution >= 0.6 is 15.9 Å². The second-order valence-electron chi connectivity index (χ2n) is 5.89. The predicted molar refractivity (Wildman–Crippen MR) is 110 cm³/mol. The number of methoxy groups -OCH3 is 1. The first-order valence-electron chi connectivity index (χ1n) is 8.49. The van der Waals surface area contributed by atoms with E-state index in [4.69, 9.17) is 9.47 Å². The molecule has 27 heavy (non-hydrogen) atoms. The van der Waals surface area contributed by atoms with E-state index in [1.165, 1.54) is 18.3 Å². The van der Waals surface area contributed by atoms with Crippen LogP contribution in [0.15, 0.2) is 50.9 Å². The predicted octanol–water partition coefficient (Wildman–Crippen LogP) is 4.26. The molecule has 1 N–H and O–H groups in total. The Labute approximate surface area is 168 Å². The van der Waals surface area contributed by atoms with Crippen molar-refractivity contribution in [3.63, 3.8) is 0 Å². The molecule has 0 amide bonds. The number of hydrazone groups is 1. The molecule has 0 aromatic heterocycles. The van der Waals surface area contributed by atoms with Crippen molar-refractivity contribution in [3.8, 4) is 11.5 Å². The molecule has 2 aromatic rings. The minimum absolute atomic E-state index is 0.155. The van der Waals surface area contributed by atoms with E-state index in [1.807, 2.05) is 6.92 Å². The minimum Gasteiger partial charge on any atom is -0.493 e. The molecule has 0 unspecified atom stereocenters. The number of nitrogens with one attached hydrogen (secondary N) is 1. The van der Waals surface area contributed by atoms with Crippen molar-refractivity contribution < 1.29 is 17.9 Å². The molecule has 2 rings (SSSR count). The molecule has 0 bridgehead atoms. The molecule has 6 nitrogen and oxygen atoms in total. The first-order valence-corrected chi connectivity index (χ1v) is 10.8. The Hall–Kier alpha value is -2.06. The quantitative estimate of drug-likeness (QED) is 0.348. The standard InChI is InChI=1S/C19H23BrN2O4S/c1-4-5-10-26-19-11-15(17(20)12-18(19)25-3)13-21-22-27(23,24)16-8-6-14(2)7-9-16/h6-9,11-13,22H,4-5,10H2,1-3H3/b21-13+. The van der Waals surface area contributed by atoms with Crippen LogP contribution in [-0.2, 0) is 10.0 Å². The van der Waals surface area contributed by atoms with Gasteiger partial charge in [-0.2, -0.15) is 13.5 Å². The first-order chi connectivity index (χ1) is 12.9. The number of nitrogens with zero attached hydrogens (tertiary/aromatic N) is 1. The van der Waals surface area contributed by atoms with Gasteiger partial charge in [-0.3, -0.25) is 0 Å². The molecule has 0 radical (unpaired) electrons. The first kappa shape index (κ1) is 21.2. The van der Waals surface area contributed by atoms with Gasteiger partial charge in [-0.25, -0.2) is 4.83 Å². The Morgan fingerprint density at radius 2 is 1.89 bits per heavy atom. The van der Waals surface area contributed by atoms with E-state index in [0.717, 1.165) is 18.4 Å². The molecule has 2 aromatic carbocycles. The Morgan fingerprint density at radius 1 is 1.19 bits per heavy atom. The van der Waals surface area contributed by atoms with Gasteiger partial charge in [-0.1, -0.05) is 31.0 Å². The molecule has 0 saturated carbocycles. The SMILES string of the molecule is CCCCOc1cc(/C=N/NS(=O)(=O)c2ccc(C)cc2)c(Br)cc1OC. The molecule has 0 aliphatic rings. The lowest BCUT2D eigenvalue weighted by molar-refractivity contribution is 0.288. The fraction of sp³-hybridized carbons (Fsp3) is 0.316. The van der Waals surface area contributed by atoms with Gasteiger partial charge in [0.2, 0.25) is 0 Å². The van der Waals surface area contributed by atoms with E-state index in [-0.39, 0.29) is 4.90 Å². The molecule has 8 heteroatoms. The van der Waals surface area contributed by atoms with Gasteiger partial charge in [0, 0.05) is 10.0 Å². The van der Waals surface area contributed by atoms with Gasteiger partial charge in [-0.15, -0.1) is 0 Å². The fourth-order valence-corrected chi connectivity index (χ4v) is 3.40. The molecule has 0 saturated heterocycles. The third-order valence-corrected chi connectivity index (χ3v) is 5.67. The number of rotatable bonds is 9. The van der Waals surface area contributed by atoms with Gasteiger partial charge in [-0.05, 0) is 53.5 Å². The number of benzene rings is 2. The van der Waals surface area contributed by atoms with Crippen molar-refractivity contribution in [1.29, 1.82) is 0 Å². The topological polar surface area (TPSA) is 77.0 Å². The summed E-state index contributed by atoms with van der Waals surface area (Å²) in [6.45, 7) is 4.55. The zero-order valence-corrected chi connectivity index (χ0v) is 17.9. The summed E-state index contributed by atoms with van der Waals surface area (Å²) in [6, 6.07) is 10.1. The van der Waals surface area contributed by atoms with Gasteiger partial charge >= 0.3 is 0 Å². The monoisotopic (exact) mass is 454 g/mol. The smallest absolute Gasteiger partial charge is 0.276 e. The summed E-state index contributed by atoms with van der Waals surface area (Å²) in [5, 5.41) is 3.88. The molecule has 146 valence electrons. The van der Waals surface area contributed by atoms with Crippen molar-refractivity contribution in [2.24, 2.45) is 5.10 Å². The van der Waals surface area contributed by atoms with Crippen LogP contribution in [0.25, 0.3) is 0 Å².